The Labute approximate surface area is 74.0 Å². The molecular formula is C9H7N3O. The van der Waals surface area contributed by atoms with Crippen LogP contribution in [0.25, 0.3) is 10.9 Å². The molecule has 13 heavy (non-hydrogen) atoms. The molecule has 0 amide bonds. The molecule has 64 valence electrons. The van der Waals surface area contributed by atoms with E-state index in [0.29, 0.717) is 10.9 Å². The van der Waals surface area contributed by atoms with E-state index in [1.165, 1.54) is 4.68 Å². The van der Waals surface area contributed by atoms with Crippen molar-refractivity contribution in [2.75, 3.05) is 0 Å². The predicted molar refractivity (Wildman–Crippen MR) is 48.3 cm³/mol. The van der Waals surface area contributed by atoms with Gasteiger partial charge < -0.3 is 0 Å². The number of fused-ring (bicyclic) bond motifs is 1. The zero-order valence-electron chi connectivity index (χ0n) is 7.03. The highest BCUT2D eigenvalue weighted by molar-refractivity contribution is 5.79. The Hall–Kier alpha value is -2.02. The van der Waals surface area contributed by atoms with Crippen molar-refractivity contribution in [3.05, 3.63) is 34.1 Å². The van der Waals surface area contributed by atoms with Gasteiger partial charge in [0.05, 0.1) is 22.5 Å². The van der Waals surface area contributed by atoms with Crippen molar-refractivity contribution < 1.29 is 0 Å². The normalized spacial score (nSPS) is 10.2. The quantitative estimate of drug-likeness (QED) is 0.638. The van der Waals surface area contributed by atoms with Crippen LogP contribution in [-0.2, 0) is 7.05 Å². The first-order valence-corrected chi connectivity index (χ1v) is 3.81. The first-order valence-electron chi connectivity index (χ1n) is 3.81. The number of H-pyrrole nitrogens is 1. The summed E-state index contributed by atoms with van der Waals surface area (Å²) in [6.45, 7) is 0. The van der Waals surface area contributed by atoms with Crippen LogP contribution in [0.4, 0.5) is 0 Å². The molecule has 0 atom stereocenters. The van der Waals surface area contributed by atoms with Crippen molar-refractivity contribution in [1.29, 1.82) is 5.26 Å². The van der Waals surface area contributed by atoms with Crippen LogP contribution < -0.4 is 5.56 Å². The Balaban J connectivity index is 2.92. The van der Waals surface area contributed by atoms with E-state index >= 15 is 0 Å². The Bertz CT molecular complexity index is 556. The minimum atomic E-state index is -0.105. The maximum Gasteiger partial charge on any atom is 0.274 e. The van der Waals surface area contributed by atoms with Crippen LogP contribution in [0.1, 0.15) is 5.56 Å². The number of hydrogen-bond donors (Lipinski definition) is 1. The average Bonchev–Trinajstić information content (AvgIpc) is 2.43. The van der Waals surface area contributed by atoms with Crippen LogP contribution in [0.15, 0.2) is 23.0 Å². The van der Waals surface area contributed by atoms with Crippen molar-refractivity contribution in [3.63, 3.8) is 0 Å². The van der Waals surface area contributed by atoms with Crippen molar-refractivity contribution in [2.24, 2.45) is 7.05 Å². The molecule has 0 bridgehead atoms. The molecule has 0 aliphatic rings. The summed E-state index contributed by atoms with van der Waals surface area (Å²) >= 11 is 0. The van der Waals surface area contributed by atoms with Gasteiger partial charge in [0.1, 0.15) is 0 Å². The molecule has 4 nitrogen and oxygen atoms in total. The number of rotatable bonds is 0. The van der Waals surface area contributed by atoms with Crippen LogP contribution in [0.3, 0.4) is 0 Å². The number of hydrogen-bond acceptors (Lipinski definition) is 2. The van der Waals surface area contributed by atoms with E-state index in [4.69, 9.17) is 5.26 Å². The second kappa shape index (κ2) is 2.49. The lowest BCUT2D eigenvalue weighted by molar-refractivity contribution is 0.751. The molecule has 1 aromatic heterocycles. The summed E-state index contributed by atoms with van der Waals surface area (Å²) in [4.78, 5) is 11.4. The molecule has 0 aliphatic heterocycles. The third kappa shape index (κ3) is 1.02. The van der Waals surface area contributed by atoms with E-state index < -0.39 is 0 Å². The molecule has 0 saturated heterocycles. The van der Waals surface area contributed by atoms with Crippen LogP contribution in [0, 0.1) is 11.3 Å². The first kappa shape index (κ1) is 7.62. The summed E-state index contributed by atoms with van der Waals surface area (Å²) in [5, 5.41) is 12.1. The lowest BCUT2D eigenvalue weighted by Crippen LogP contribution is -2.11. The van der Waals surface area contributed by atoms with E-state index in [0.717, 1.165) is 5.52 Å². The molecule has 2 aromatic rings. The number of aromatic nitrogens is 2. The number of nitriles is 1. The van der Waals surface area contributed by atoms with E-state index in [1.54, 1.807) is 25.2 Å². The molecule has 0 spiro atoms. The standard InChI is InChI=1S/C9H7N3O/c1-12-9(13)7-4-6(5-10)2-3-8(7)11-12/h2-4,11H,1H3. The number of aromatic amines is 1. The molecule has 1 heterocycles. The molecule has 0 saturated carbocycles. The zero-order chi connectivity index (χ0) is 9.42. The van der Waals surface area contributed by atoms with Gasteiger partial charge in [-0.3, -0.25) is 14.6 Å². The number of nitrogens with one attached hydrogen (secondary N) is 1. The second-order valence-electron chi connectivity index (χ2n) is 2.85. The Morgan fingerprint density at radius 3 is 3.00 bits per heavy atom. The maximum atomic E-state index is 11.4. The fraction of sp³-hybridized carbons (Fsp3) is 0.111. The second-order valence-corrected chi connectivity index (χ2v) is 2.85. The van der Waals surface area contributed by atoms with Gasteiger partial charge in [-0.15, -0.1) is 0 Å². The number of aryl methyl sites for hydroxylation is 1. The van der Waals surface area contributed by atoms with Crippen molar-refractivity contribution >= 4 is 10.9 Å². The van der Waals surface area contributed by atoms with E-state index in [9.17, 15) is 4.79 Å². The third-order valence-electron chi connectivity index (χ3n) is 1.97. The fourth-order valence-corrected chi connectivity index (χ4v) is 1.30. The summed E-state index contributed by atoms with van der Waals surface area (Å²) < 4.78 is 1.39. The van der Waals surface area contributed by atoms with Gasteiger partial charge in [0.15, 0.2) is 0 Å². The van der Waals surface area contributed by atoms with Gasteiger partial charge in [-0.2, -0.15) is 5.26 Å². The van der Waals surface area contributed by atoms with Gasteiger partial charge in [-0.25, -0.2) is 0 Å². The maximum absolute atomic E-state index is 11.4. The average molecular weight is 173 g/mol. The van der Waals surface area contributed by atoms with Crippen molar-refractivity contribution in [2.45, 2.75) is 0 Å². The largest absolute Gasteiger partial charge is 0.295 e. The molecular weight excluding hydrogens is 166 g/mol. The monoisotopic (exact) mass is 173 g/mol. The lowest BCUT2D eigenvalue weighted by atomic mass is 10.2. The number of benzene rings is 1. The summed E-state index contributed by atoms with van der Waals surface area (Å²) in [5.74, 6) is 0. The molecule has 4 heteroatoms. The van der Waals surface area contributed by atoms with Crippen LogP contribution in [0.5, 0.6) is 0 Å². The Morgan fingerprint density at radius 1 is 1.54 bits per heavy atom. The van der Waals surface area contributed by atoms with Crippen molar-refractivity contribution in [3.8, 4) is 6.07 Å². The van der Waals surface area contributed by atoms with Gasteiger partial charge in [-0.1, -0.05) is 0 Å². The van der Waals surface area contributed by atoms with E-state index in [1.807, 2.05) is 6.07 Å². The Morgan fingerprint density at radius 2 is 2.31 bits per heavy atom. The topological polar surface area (TPSA) is 61.6 Å². The number of nitrogens with zero attached hydrogens (tertiary/aromatic N) is 2. The van der Waals surface area contributed by atoms with Gasteiger partial charge >= 0.3 is 0 Å². The lowest BCUT2D eigenvalue weighted by Gasteiger charge is -1.86. The highest BCUT2D eigenvalue weighted by atomic mass is 16.1. The first-order chi connectivity index (χ1) is 6.22. The molecule has 0 radical (unpaired) electrons. The van der Waals surface area contributed by atoms with Crippen molar-refractivity contribution in [1.82, 2.24) is 9.78 Å². The van der Waals surface area contributed by atoms with Crippen LogP contribution >= 0.6 is 0 Å². The van der Waals surface area contributed by atoms with Crippen LogP contribution in [0.2, 0.25) is 0 Å². The Kier molecular flexibility index (Phi) is 1.46. The fourth-order valence-electron chi connectivity index (χ4n) is 1.30. The molecule has 0 aliphatic carbocycles. The molecule has 1 N–H and O–H groups in total. The highest BCUT2D eigenvalue weighted by Gasteiger charge is 2.03. The van der Waals surface area contributed by atoms with E-state index in [2.05, 4.69) is 5.10 Å². The minimum Gasteiger partial charge on any atom is -0.295 e. The summed E-state index contributed by atoms with van der Waals surface area (Å²) in [6, 6.07) is 7.00. The van der Waals surface area contributed by atoms with Gasteiger partial charge in [0.2, 0.25) is 0 Å². The molecule has 1 aromatic carbocycles. The van der Waals surface area contributed by atoms with Gasteiger partial charge in [0.25, 0.3) is 5.56 Å². The summed E-state index contributed by atoms with van der Waals surface area (Å²) in [7, 11) is 1.65. The molecule has 0 unspecified atom stereocenters. The smallest absolute Gasteiger partial charge is 0.274 e. The minimum absolute atomic E-state index is 0.105. The zero-order valence-corrected chi connectivity index (χ0v) is 7.03. The molecule has 2 rings (SSSR count). The predicted octanol–water partition coefficient (Wildman–Crippen LogP) is 0.738. The summed E-state index contributed by atoms with van der Waals surface area (Å²) in [5.41, 5.74) is 1.16. The highest BCUT2D eigenvalue weighted by Crippen LogP contribution is 2.08. The van der Waals surface area contributed by atoms with Gasteiger partial charge in [-0.05, 0) is 18.2 Å². The summed E-state index contributed by atoms with van der Waals surface area (Å²) in [6.07, 6.45) is 0. The van der Waals surface area contributed by atoms with Crippen LogP contribution in [-0.4, -0.2) is 9.78 Å². The van der Waals surface area contributed by atoms with Gasteiger partial charge in [0, 0.05) is 7.05 Å². The van der Waals surface area contributed by atoms with E-state index in [-0.39, 0.29) is 5.56 Å². The third-order valence-corrected chi connectivity index (χ3v) is 1.97. The molecule has 0 fully saturated rings. The SMILES string of the molecule is Cn1[nH]c2ccc(C#N)cc2c1=O.